The Kier molecular flexibility index (Phi) is 2.42. The molecule has 2 nitrogen and oxygen atoms in total. The number of hydrogen-bond donors (Lipinski definition) is 0. The maximum atomic E-state index is 13.2. The summed E-state index contributed by atoms with van der Waals surface area (Å²) in [6.07, 6.45) is 0.419. The molecule has 1 atom stereocenters. The second-order valence-electron chi connectivity index (χ2n) is 3.67. The molecule has 15 heavy (non-hydrogen) atoms. The van der Waals surface area contributed by atoms with E-state index in [1.54, 1.807) is 0 Å². The number of hydrogen-bond acceptors (Lipinski definition) is 2. The van der Waals surface area contributed by atoms with Crippen LogP contribution in [0.2, 0.25) is 0 Å². The Morgan fingerprint density at radius 1 is 1.47 bits per heavy atom. The van der Waals surface area contributed by atoms with Gasteiger partial charge in [0.2, 0.25) is 5.82 Å². The van der Waals surface area contributed by atoms with Crippen LogP contribution in [0.1, 0.15) is 12.5 Å². The van der Waals surface area contributed by atoms with E-state index in [1.807, 2.05) is 0 Å². The maximum Gasteiger partial charge on any atom is 0.200 e. The fraction of sp³-hybridized carbons (Fsp3) is 0.364. The first-order valence-electron chi connectivity index (χ1n) is 4.69. The van der Waals surface area contributed by atoms with Crippen molar-refractivity contribution in [3.8, 4) is 5.75 Å². The molecule has 0 saturated carbocycles. The van der Waals surface area contributed by atoms with Crippen molar-refractivity contribution in [1.29, 1.82) is 0 Å². The van der Waals surface area contributed by atoms with Gasteiger partial charge >= 0.3 is 0 Å². The van der Waals surface area contributed by atoms with Gasteiger partial charge in [0.15, 0.2) is 11.6 Å². The molecule has 0 aromatic heterocycles. The van der Waals surface area contributed by atoms with Crippen LogP contribution in [0.5, 0.6) is 5.75 Å². The van der Waals surface area contributed by atoms with Crippen LogP contribution in [-0.2, 0) is 11.2 Å². The van der Waals surface area contributed by atoms with Gasteiger partial charge in [0.05, 0.1) is 12.5 Å². The van der Waals surface area contributed by atoms with Gasteiger partial charge in [-0.2, -0.15) is 4.39 Å². The highest BCUT2D eigenvalue weighted by Gasteiger charge is 2.26. The molecule has 1 aliphatic heterocycles. The highest BCUT2D eigenvalue weighted by atomic mass is 19.2. The smallest absolute Gasteiger partial charge is 0.200 e. The molecule has 80 valence electrons. The monoisotopic (exact) mass is 212 g/mol. The zero-order chi connectivity index (χ0) is 11.0. The van der Waals surface area contributed by atoms with Crippen molar-refractivity contribution in [1.82, 2.24) is 0 Å². The minimum absolute atomic E-state index is 0.00498. The molecule has 2 rings (SSSR count). The topological polar surface area (TPSA) is 26.3 Å². The first-order valence-corrected chi connectivity index (χ1v) is 4.69. The Hall–Kier alpha value is -1.45. The van der Waals surface area contributed by atoms with Gasteiger partial charge in [-0.15, -0.1) is 0 Å². The fourth-order valence-corrected chi connectivity index (χ4v) is 1.66. The summed E-state index contributed by atoms with van der Waals surface area (Å²) >= 11 is 0. The Morgan fingerprint density at radius 2 is 2.20 bits per heavy atom. The molecule has 1 aromatic rings. The molecular formula is C11H10F2O2. The maximum absolute atomic E-state index is 13.2. The first-order chi connectivity index (χ1) is 7.09. The summed E-state index contributed by atoms with van der Waals surface area (Å²) in [5.41, 5.74) is 0.556. The summed E-state index contributed by atoms with van der Waals surface area (Å²) in [6.45, 7) is 1.60. The number of fused-ring (bicyclic) bond motifs is 1. The lowest BCUT2D eigenvalue weighted by atomic mass is 9.94. The number of benzene rings is 1. The highest BCUT2D eigenvalue weighted by Crippen LogP contribution is 2.31. The van der Waals surface area contributed by atoms with E-state index in [0.29, 0.717) is 12.0 Å². The molecule has 0 N–H and O–H groups in total. The molecule has 0 amide bonds. The second-order valence-corrected chi connectivity index (χ2v) is 3.67. The van der Waals surface area contributed by atoms with Gasteiger partial charge in [-0.1, -0.05) is 6.07 Å². The summed E-state index contributed by atoms with van der Waals surface area (Å²) < 4.78 is 31.1. The average molecular weight is 212 g/mol. The summed E-state index contributed by atoms with van der Waals surface area (Å²) in [5, 5.41) is 0. The molecule has 0 radical (unpaired) electrons. The van der Waals surface area contributed by atoms with Crippen LogP contribution in [0.3, 0.4) is 0 Å². The van der Waals surface area contributed by atoms with E-state index >= 15 is 0 Å². The van der Waals surface area contributed by atoms with E-state index in [-0.39, 0.29) is 24.1 Å². The summed E-state index contributed by atoms with van der Waals surface area (Å²) in [4.78, 5) is 11.1. The third kappa shape index (κ3) is 1.71. The fourth-order valence-electron chi connectivity index (χ4n) is 1.66. The van der Waals surface area contributed by atoms with Crippen molar-refractivity contribution in [2.75, 3.05) is 6.61 Å². The van der Waals surface area contributed by atoms with Crippen molar-refractivity contribution >= 4 is 5.78 Å². The van der Waals surface area contributed by atoms with Crippen molar-refractivity contribution in [2.24, 2.45) is 5.92 Å². The largest absolute Gasteiger partial charge is 0.489 e. The van der Waals surface area contributed by atoms with E-state index in [9.17, 15) is 13.6 Å². The zero-order valence-electron chi connectivity index (χ0n) is 8.22. The molecule has 1 aromatic carbocycles. The van der Waals surface area contributed by atoms with E-state index in [4.69, 9.17) is 4.74 Å². The molecule has 1 heterocycles. The molecule has 0 spiro atoms. The van der Waals surface area contributed by atoms with E-state index in [2.05, 4.69) is 0 Å². The minimum Gasteiger partial charge on any atom is -0.489 e. The van der Waals surface area contributed by atoms with Crippen LogP contribution < -0.4 is 4.74 Å². The lowest BCUT2D eigenvalue weighted by Crippen LogP contribution is -2.27. The van der Waals surface area contributed by atoms with Crippen molar-refractivity contribution < 1.29 is 18.3 Å². The number of carbonyl (C=O) groups is 1. The van der Waals surface area contributed by atoms with Gasteiger partial charge < -0.3 is 4.74 Å². The van der Waals surface area contributed by atoms with Gasteiger partial charge in [-0.25, -0.2) is 4.39 Å². The molecule has 0 aliphatic carbocycles. The van der Waals surface area contributed by atoms with Crippen LogP contribution >= 0.6 is 0 Å². The number of rotatable bonds is 1. The lowest BCUT2D eigenvalue weighted by Gasteiger charge is -2.23. The Balaban J connectivity index is 2.36. The first kappa shape index (κ1) is 10.1. The molecular weight excluding hydrogens is 202 g/mol. The van der Waals surface area contributed by atoms with Crippen LogP contribution in [0.25, 0.3) is 0 Å². The van der Waals surface area contributed by atoms with Gasteiger partial charge in [0.25, 0.3) is 0 Å². The molecule has 1 unspecified atom stereocenters. The Morgan fingerprint density at radius 3 is 2.87 bits per heavy atom. The van der Waals surface area contributed by atoms with Crippen LogP contribution in [0.15, 0.2) is 12.1 Å². The number of Topliss-reactive ketones (excluding diaryl/α,β-unsaturated/α-hetero) is 1. The van der Waals surface area contributed by atoms with Crippen molar-refractivity contribution in [3.05, 3.63) is 29.3 Å². The molecule has 0 fully saturated rings. The number of halogens is 2. The number of ketones is 1. The van der Waals surface area contributed by atoms with E-state index in [0.717, 1.165) is 6.07 Å². The molecule has 1 aliphatic rings. The number of carbonyl (C=O) groups excluding carboxylic acids is 1. The van der Waals surface area contributed by atoms with Crippen molar-refractivity contribution in [2.45, 2.75) is 13.3 Å². The summed E-state index contributed by atoms with van der Waals surface area (Å²) in [7, 11) is 0. The summed E-state index contributed by atoms with van der Waals surface area (Å²) in [6, 6.07) is 2.52. The van der Waals surface area contributed by atoms with Gasteiger partial charge in [-0.05, 0) is 25.0 Å². The van der Waals surface area contributed by atoms with E-state index in [1.165, 1.54) is 13.0 Å². The number of ether oxygens (including phenoxy) is 1. The minimum atomic E-state index is -0.963. The predicted octanol–water partition coefficient (Wildman–Crippen LogP) is 2.10. The molecule has 4 heteroatoms. The third-order valence-corrected chi connectivity index (χ3v) is 2.60. The van der Waals surface area contributed by atoms with Gasteiger partial charge in [0.1, 0.15) is 5.78 Å². The van der Waals surface area contributed by atoms with Crippen LogP contribution in [-0.4, -0.2) is 12.4 Å². The SMILES string of the molecule is CC(=O)C1COc2c(ccc(F)c2F)C1. The summed E-state index contributed by atoms with van der Waals surface area (Å²) in [5.74, 6) is -2.18. The van der Waals surface area contributed by atoms with Crippen molar-refractivity contribution in [3.63, 3.8) is 0 Å². The average Bonchev–Trinajstić information content (AvgIpc) is 2.23. The standard InChI is InChI=1S/C11H10F2O2/c1-6(14)8-4-7-2-3-9(12)10(13)11(7)15-5-8/h2-3,8H,4-5H2,1H3. The van der Waals surface area contributed by atoms with Crippen LogP contribution in [0.4, 0.5) is 8.78 Å². The van der Waals surface area contributed by atoms with Gasteiger partial charge in [-0.3, -0.25) is 4.79 Å². The second kappa shape index (κ2) is 3.61. The Labute approximate surface area is 85.9 Å². The normalized spacial score (nSPS) is 19.3. The molecule has 0 saturated heterocycles. The van der Waals surface area contributed by atoms with Crippen LogP contribution in [0, 0.1) is 17.6 Å². The van der Waals surface area contributed by atoms with Gasteiger partial charge in [0, 0.05) is 0 Å². The predicted molar refractivity (Wildman–Crippen MR) is 49.7 cm³/mol. The highest BCUT2D eigenvalue weighted by molar-refractivity contribution is 5.79. The van der Waals surface area contributed by atoms with E-state index < -0.39 is 11.6 Å². The third-order valence-electron chi connectivity index (χ3n) is 2.60. The zero-order valence-corrected chi connectivity index (χ0v) is 8.22. The lowest BCUT2D eigenvalue weighted by molar-refractivity contribution is -0.121. The Bertz CT molecular complexity index is 415. The quantitative estimate of drug-likeness (QED) is 0.712. The molecule has 0 bridgehead atoms.